The summed E-state index contributed by atoms with van der Waals surface area (Å²) in [5, 5.41) is 14.0. The third kappa shape index (κ3) is 2.57. The number of imidazole rings is 1. The van der Waals surface area contributed by atoms with Crippen molar-refractivity contribution >= 4 is 5.78 Å². The highest BCUT2D eigenvalue weighted by atomic mass is 16.5. The van der Waals surface area contributed by atoms with Crippen LogP contribution in [0.5, 0.6) is 0 Å². The van der Waals surface area contributed by atoms with Crippen LogP contribution in [0.3, 0.4) is 0 Å². The zero-order valence-corrected chi connectivity index (χ0v) is 14.0. The summed E-state index contributed by atoms with van der Waals surface area (Å²) in [5.74, 6) is 1.87. The van der Waals surface area contributed by atoms with Crippen molar-refractivity contribution in [1.29, 1.82) is 0 Å². The first-order valence-corrected chi connectivity index (χ1v) is 8.04. The van der Waals surface area contributed by atoms with Crippen LogP contribution in [0.25, 0.3) is 5.78 Å². The van der Waals surface area contributed by atoms with Crippen molar-refractivity contribution in [2.75, 3.05) is 6.54 Å². The summed E-state index contributed by atoms with van der Waals surface area (Å²) in [5.41, 5.74) is 3.08. The highest BCUT2D eigenvalue weighted by molar-refractivity contribution is 5.35. The summed E-state index contributed by atoms with van der Waals surface area (Å²) < 4.78 is 7.37. The Balaban J connectivity index is 1.66. The van der Waals surface area contributed by atoms with Crippen LogP contribution in [0.15, 0.2) is 16.8 Å². The van der Waals surface area contributed by atoms with E-state index in [9.17, 15) is 5.11 Å². The van der Waals surface area contributed by atoms with Crippen LogP contribution >= 0.6 is 0 Å². The van der Waals surface area contributed by atoms with Gasteiger partial charge in [0, 0.05) is 24.5 Å². The molecule has 1 aliphatic heterocycles. The van der Waals surface area contributed by atoms with Crippen LogP contribution in [-0.2, 0) is 6.54 Å². The van der Waals surface area contributed by atoms with Gasteiger partial charge >= 0.3 is 0 Å². The fourth-order valence-corrected chi connectivity index (χ4v) is 3.48. The van der Waals surface area contributed by atoms with Gasteiger partial charge in [-0.1, -0.05) is 5.16 Å². The summed E-state index contributed by atoms with van der Waals surface area (Å²) >= 11 is 0. The number of aromatic nitrogens is 5. The lowest BCUT2D eigenvalue weighted by Gasteiger charge is -2.21. The van der Waals surface area contributed by atoms with E-state index in [1.165, 1.54) is 0 Å². The number of aryl methyl sites for hydroxylation is 3. The predicted molar refractivity (Wildman–Crippen MR) is 85.3 cm³/mol. The van der Waals surface area contributed by atoms with Crippen molar-refractivity contribution in [1.82, 2.24) is 29.4 Å². The summed E-state index contributed by atoms with van der Waals surface area (Å²) in [7, 11) is 0. The van der Waals surface area contributed by atoms with E-state index in [1.807, 2.05) is 30.5 Å². The van der Waals surface area contributed by atoms with Crippen molar-refractivity contribution in [3.8, 4) is 0 Å². The van der Waals surface area contributed by atoms with Gasteiger partial charge in [-0.15, -0.1) is 0 Å². The average Bonchev–Trinajstić information content (AvgIpc) is 3.19. The number of nitrogens with zero attached hydrogens (tertiary/aromatic N) is 6. The Morgan fingerprint density at radius 3 is 2.88 bits per heavy atom. The highest BCUT2D eigenvalue weighted by Crippen LogP contribution is 2.32. The molecule has 0 unspecified atom stereocenters. The Hall–Kier alpha value is -2.32. The normalized spacial score (nSPS) is 21.8. The van der Waals surface area contributed by atoms with Crippen molar-refractivity contribution in [3.05, 3.63) is 41.1 Å². The number of likely N-dealkylation sites (tertiary alicyclic amines) is 1. The number of hydrogen-bond donors (Lipinski definition) is 1. The van der Waals surface area contributed by atoms with Crippen LogP contribution in [0, 0.1) is 20.8 Å². The van der Waals surface area contributed by atoms with Gasteiger partial charge in [-0.2, -0.15) is 4.98 Å². The predicted octanol–water partition coefficient (Wildman–Crippen LogP) is 1.35. The van der Waals surface area contributed by atoms with Crippen LogP contribution in [-0.4, -0.2) is 47.2 Å². The van der Waals surface area contributed by atoms with E-state index in [4.69, 9.17) is 4.52 Å². The molecule has 3 aromatic rings. The van der Waals surface area contributed by atoms with E-state index in [1.54, 1.807) is 6.92 Å². The van der Waals surface area contributed by atoms with Gasteiger partial charge in [-0.05, 0) is 33.3 Å². The molecule has 1 fully saturated rings. The lowest BCUT2D eigenvalue weighted by atomic mass is 10.2. The Labute approximate surface area is 139 Å². The molecule has 24 heavy (non-hydrogen) atoms. The Kier molecular flexibility index (Phi) is 3.58. The number of rotatable bonds is 3. The van der Waals surface area contributed by atoms with Gasteiger partial charge in [-0.3, -0.25) is 9.30 Å². The summed E-state index contributed by atoms with van der Waals surface area (Å²) in [6, 6.07) is 1.96. The van der Waals surface area contributed by atoms with Crippen LogP contribution in [0.2, 0.25) is 0 Å². The van der Waals surface area contributed by atoms with Crippen LogP contribution < -0.4 is 0 Å². The fraction of sp³-hybridized carbons (Fsp3) is 0.500. The topological polar surface area (TPSA) is 92.6 Å². The van der Waals surface area contributed by atoms with E-state index in [0.717, 1.165) is 17.1 Å². The van der Waals surface area contributed by atoms with Crippen molar-refractivity contribution in [3.63, 3.8) is 0 Å². The third-order valence-electron chi connectivity index (χ3n) is 4.44. The van der Waals surface area contributed by atoms with Gasteiger partial charge in [0.25, 0.3) is 0 Å². The van der Waals surface area contributed by atoms with Gasteiger partial charge < -0.3 is 9.63 Å². The Morgan fingerprint density at radius 1 is 1.29 bits per heavy atom. The quantitative estimate of drug-likeness (QED) is 0.775. The second-order valence-electron chi connectivity index (χ2n) is 6.44. The lowest BCUT2D eigenvalue weighted by Crippen LogP contribution is -2.25. The van der Waals surface area contributed by atoms with Gasteiger partial charge in [0.05, 0.1) is 24.0 Å². The Bertz CT molecular complexity index is 886. The number of aliphatic hydroxyl groups excluding tert-OH is 1. The number of aliphatic hydroxyl groups is 1. The first kappa shape index (κ1) is 15.2. The number of β-amino-alcohol motifs (C(OH)–C–C–N with tert-alkyl or cyclic N) is 1. The van der Waals surface area contributed by atoms with Crippen LogP contribution in [0.1, 0.15) is 41.3 Å². The molecule has 0 spiro atoms. The van der Waals surface area contributed by atoms with Crippen molar-refractivity contribution < 1.29 is 9.63 Å². The highest BCUT2D eigenvalue weighted by Gasteiger charge is 2.36. The largest absolute Gasteiger partial charge is 0.392 e. The smallest absolute Gasteiger partial charge is 0.244 e. The molecule has 0 radical (unpaired) electrons. The molecular formula is C16H20N6O2. The summed E-state index contributed by atoms with van der Waals surface area (Å²) in [4.78, 5) is 15.4. The molecule has 1 N–H and O–H groups in total. The van der Waals surface area contributed by atoms with Crippen molar-refractivity contribution in [2.45, 2.75) is 45.9 Å². The molecule has 2 atom stereocenters. The van der Waals surface area contributed by atoms with E-state index >= 15 is 0 Å². The Morgan fingerprint density at radius 2 is 2.12 bits per heavy atom. The standard InChI is InChI=1S/C16H20N6O2/c1-9-4-10(2)22-12(6-17-16(22)18-9)7-21-8-13(23)5-14(21)15-19-11(3)20-24-15/h4,6,13-14,23H,5,7-8H2,1-3H3/t13-,14-/m1/s1. The van der Waals surface area contributed by atoms with Crippen molar-refractivity contribution in [2.24, 2.45) is 0 Å². The summed E-state index contributed by atoms with van der Waals surface area (Å²) in [6.45, 7) is 7.01. The molecule has 0 amide bonds. The molecule has 0 aliphatic carbocycles. The fourth-order valence-electron chi connectivity index (χ4n) is 3.48. The van der Waals surface area contributed by atoms with E-state index in [-0.39, 0.29) is 6.04 Å². The lowest BCUT2D eigenvalue weighted by molar-refractivity contribution is 0.168. The molecule has 4 rings (SSSR count). The van der Waals surface area contributed by atoms with E-state index in [0.29, 0.717) is 37.0 Å². The zero-order chi connectivity index (χ0) is 16.8. The molecule has 8 nitrogen and oxygen atoms in total. The number of hydrogen-bond acceptors (Lipinski definition) is 7. The van der Waals surface area contributed by atoms with E-state index in [2.05, 4.69) is 25.0 Å². The average molecular weight is 328 g/mol. The number of fused-ring (bicyclic) bond motifs is 1. The SMILES string of the molecule is Cc1cc(C)n2c(CN3C[C@H](O)C[C@@H]3c3nc(C)no3)cnc2n1. The molecule has 0 saturated carbocycles. The molecule has 4 heterocycles. The first-order chi connectivity index (χ1) is 11.5. The molecule has 1 saturated heterocycles. The maximum Gasteiger partial charge on any atom is 0.244 e. The molecule has 1 aliphatic rings. The molecule has 0 bridgehead atoms. The zero-order valence-electron chi connectivity index (χ0n) is 14.0. The van der Waals surface area contributed by atoms with Gasteiger partial charge in [0.15, 0.2) is 5.82 Å². The molecule has 8 heteroatoms. The summed E-state index contributed by atoms with van der Waals surface area (Å²) in [6.07, 6.45) is 2.03. The molecule has 126 valence electrons. The molecule has 3 aromatic heterocycles. The third-order valence-corrected chi connectivity index (χ3v) is 4.44. The molecule has 0 aromatic carbocycles. The van der Waals surface area contributed by atoms with Gasteiger partial charge in [0.2, 0.25) is 11.7 Å². The first-order valence-electron chi connectivity index (χ1n) is 8.04. The maximum absolute atomic E-state index is 10.1. The minimum Gasteiger partial charge on any atom is -0.392 e. The van der Waals surface area contributed by atoms with Gasteiger partial charge in [0.1, 0.15) is 0 Å². The second kappa shape index (κ2) is 5.64. The monoisotopic (exact) mass is 328 g/mol. The second-order valence-corrected chi connectivity index (χ2v) is 6.44. The van der Waals surface area contributed by atoms with E-state index < -0.39 is 6.10 Å². The minimum absolute atomic E-state index is 0.0783. The molecular weight excluding hydrogens is 308 g/mol. The maximum atomic E-state index is 10.1. The minimum atomic E-state index is -0.400. The van der Waals surface area contributed by atoms with Gasteiger partial charge in [-0.25, -0.2) is 9.97 Å². The van der Waals surface area contributed by atoms with Crippen LogP contribution in [0.4, 0.5) is 0 Å².